The van der Waals surface area contributed by atoms with E-state index < -0.39 is 0 Å². The molecule has 1 saturated carbocycles. The first-order valence-corrected chi connectivity index (χ1v) is 10.4. The van der Waals surface area contributed by atoms with Gasteiger partial charge in [0.1, 0.15) is 0 Å². The molecule has 0 amide bonds. The van der Waals surface area contributed by atoms with E-state index in [1.165, 1.54) is 57.3 Å². The minimum atomic E-state index is 0.284. The molecule has 0 aromatic heterocycles. The summed E-state index contributed by atoms with van der Waals surface area (Å²) in [6.45, 7) is 6.84. The van der Waals surface area contributed by atoms with Gasteiger partial charge in [0, 0.05) is 42.6 Å². The quantitative estimate of drug-likeness (QED) is 0.560. The van der Waals surface area contributed by atoms with Gasteiger partial charge in [-0.3, -0.25) is 4.99 Å². The van der Waals surface area contributed by atoms with Gasteiger partial charge < -0.3 is 15.5 Å². The van der Waals surface area contributed by atoms with Gasteiger partial charge in [-0.2, -0.15) is 0 Å². The highest BCUT2D eigenvalue weighted by atomic mass is 79.9. The molecule has 138 valence electrons. The molecule has 1 saturated heterocycles. The number of piperidine rings is 1. The van der Waals surface area contributed by atoms with Crippen LogP contribution in [0.1, 0.15) is 44.6 Å². The molecule has 3 rings (SSSR count). The number of nitrogens with one attached hydrogen (secondary N) is 2. The van der Waals surface area contributed by atoms with E-state index in [4.69, 9.17) is 0 Å². The van der Waals surface area contributed by atoms with Crippen LogP contribution in [-0.2, 0) is 5.41 Å². The van der Waals surface area contributed by atoms with Crippen LogP contribution in [0, 0.1) is 0 Å². The Morgan fingerprint density at radius 2 is 2.08 bits per heavy atom. The molecule has 2 fully saturated rings. The molecule has 0 unspecified atom stereocenters. The minimum absolute atomic E-state index is 0.284. The average Bonchev–Trinajstić information content (AvgIpc) is 3.41. The number of likely N-dealkylation sites (tertiary alicyclic amines) is 1. The van der Waals surface area contributed by atoms with Gasteiger partial charge >= 0.3 is 0 Å². The molecule has 2 N–H and O–H groups in total. The monoisotopic (exact) mass is 406 g/mol. The van der Waals surface area contributed by atoms with Gasteiger partial charge in [0.25, 0.3) is 0 Å². The van der Waals surface area contributed by atoms with E-state index in [-0.39, 0.29) is 5.41 Å². The fourth-order valence-corrected chi connectivity index (χ4v) is 4.19. The van der Waals surface area contributed by atoms with Crippen molar-refractivity contribution in [2.75, 3.05) is 33.2 Å². The van der Waals surface area contributed by atoms with Crippen LogP contribution in [0.15, 0.2) is 33.7 Å². The number of rotatable bonds is 6. The van der Waals surface area contributed by atoms with Crippen LogP contribution < -0.4 is 10.6 Å². The number of hydrogen-bond acceptors (Lipinski definition) is 2. The van der Waals surface area contributed by atoms with Gasteiger partial charge in [-0.15, -0.1) is 0 Å². The number of nitrogens with zero attached hydrogens (tertiary/aromatic N) is 2. The average molecular weight is 407 g/mol. The van der Waals surface area contributed by atoms with Crippen molar-refractivity contribution in [2.24, 2.45) is 4.99 Å². The Kier molecular flexibility index (Phi) is 6.39. The van der Waals surface area contributed by atoms with E-state index in [0.717, 1.165) is 17.0 Å². The molecular formula is C20H31BrN4. The second-order valence-corrected chi connectivity index (χ2v) is 8.39. The van der Waals surface area contributed by atoms with Crippen molar-refractivity contribution in [3.63, 3.8) is 0 Å². The molecule has 0 bridgehead atoms. The van der Waals surface area contributed by atoms with Gasteiger partial charge in [-0.25, -0.2) is 0 Å². The molecule has 0 atom stereocenters. The van der Waals surface area contributed by atoms with E-state index in [1.807, 2.05) is 7.05 Å². The Morgan fingerprint density at radius 3 is 2.68 bits per heavy atom. The Bertz CT molecular complexity index is 589. The van der Waals surface area contributed by atoms with Crippen molar-refractivity contribution in [1.82, 2.24) is 15.5 Å². The maximum absolute atomic E-state index is 4.45. The first-order valence-electron chi connectivity index (χ1n) is 9.61. The molecule has 1 aromatic rings. The lowest BCUT2D eigenvalue weighted by Gasteiger charge is -2.33. The number of halogens is 1. The third kappa shape index (κ3) is 4.98. The summed E-state index contributed by atoms with van der Waals surface area (Å²) in [7, 11) is 1.88. The highest BCUT2D eigenvalue weighted by Crippen LogP contribution is 2.48. The zero-order valence-corrected chi connectivity index (χ0v) is 17.1. The Labute approximate surface area is 160 Å². The summed E-state index contributed by atoms with van der Waals surface area (Å²) in [5.74, 6) is 0.954. The molecule has 25 heavy (non-hydrogen) atoms. The zero-order chi connectivity index (χ0) is 17.7. The Balaban J connectivity index is 1.49. The van der Waals surface area contributed by atoms with Crippen molar-refractivity contribution in [3.05, 3.63) is 34.3 Å². The standard InChI is InChI=1S/C20H31BrN4/c1-3-11-25-12-7-18(8-13-25)24-19(22-2)23-15-20(9-10-20)16-5-4-6-17(21)14-16/h4-6,14,18H,3,7-13,15H2,1-2H3,(H2,22,23,24). The minimum Gasteiger partial charge on any atom is -0.356 e. The Hall–Kier alpha value is -1.07. The molecule has 5 heteroatoms. The van der Waals surface area contributed by atoms with Crippen LogP contribution in [0.2, 0.25) is 0 Å². The highest BCUT2D eigenvalue weighted by molar-refractivity contribution is 9.10. The normalized spacial score (nSPS) is 21.2. The van der Waals surface area contributed by atoms with Gasteiger partial charge in [0.2, 0.25) is 0 Å². The number of hydrogen-bond donors (Lipinski definition) is 2. The lowest BCUT2D eigenvalue weighted by molar-refractivity contribution is 0.206. The molecule has 1 aromatic carbocycles. The topological polar surface area (TPSA) is 39.7 Å². The van der Waals surface area contributed by atoms with Crippen LogP contribution in [0.5, 0.6) is 0 Å². The summed E-state index contributed by atoms with van der Waals surface area (Å²) in [6.07, 6.45) is 6.17. The number of benzene rings is 1. The smallest absolute Gasteiger partial charge is 0.191 e. The van der Waals surface area contributed by atoms with E-state index >= 15 is 0 Å². The second-order valence-electron chi connectivity index (χ2n) is 7.48. The van der Waals surface area contributed by atoms with Crippen LogP contribution in [0.4, 0.5) is 0 Å². The predicted molar refractivity (Wildman–Crippen MR) is 109 cm³/mol. The van der Waals surface area contributed by atoms with E-state index in [9.17, 15) is 0 Å². The molecule has 0 radical (unpaired) electrons. The van der Waals surface area contributed by atoms with E-state index in [1.54, 1.807) is 0 Å². The lowest BCUT2D eigenvalue weighted by Crippen LogP contribution is -2.49. The van der Waals surface area contributed by atoms with Crippen molar-refractivity contribution >= 4 is 21.9 Å². The predicted octanol–water partition coefficient (Wildman–Crippen LogP) is 3.52. The van der Waals surface area contributed by atoms with Crippen molar-refractivity contribution in [2.45, 2.75) is 50.5 Å². The van der Waals surface area contributed by atoms with Gasteiger partial charge in [0.15, 0.2) is 5.96 Å². The third-order valence-electron chi connectivity index (χ3n) is 5.58. The van der Waals surface area contributed by atoms with Crippen molar-refractivity contribution < 1.29 is 0 Å². The lowest BCUT2D eigenvalue weighted by atomic mass is 9.96. The summed E-state index contributed by atoms with van der Waals surface area (Å²) in [5.41, 5.74) is 1.71. The highest BCUT2D eigenvalue weighted by Gasteiger charge is 2.44. The van der Waals surface area contributed by atoms with E-state index in [0.29, 0.717) is 6.04 Å². The first kappa shape index (κ1) is 18.7. The molecule has 1 aliphatic heterocycles. The number of guanidine groups is 1. The van der Waals surface area contributed by atoms with Crippen LogP contribution in [-0.4, -0.2) is 50.1 Å². The molecule has 1 heterocycles. The fourth-order valence-electron chi connectivity index (χ4n) is 3.79. The summed E-state index contributed by atoms with van der Waals surface area (Å²) < 4.78 is 1.16. The SMILES string of the molecule is CCCN1CCC(NC(=NC)NCC2(c3cccc(Br)c3)CC2)CC1. The van der Waals surface area contributed by atoms with Crippen molar-refractivity contribution in [1.29, 1.82) is 0 Å². The molecule has 4 nitrogen and oxygen atoms in total. The Morgan fingerprint density at radius 1 is 1.32 bits per heavy atom. The summed E-state index contributed by atoms with van der Waals surface area (Å²) >= 11 is 3.60. The zero-order valence-electron chi connectivity index (χ0n) is 15.5. The molecule has 0 spiro atoms. The van der Waals surface area contributed by atoms with Gasteiger partial charge in [-0.05, 0) is 56.3 Å². The van der Waals surface area contributed by atoms with Crippen LogP contribution in [0.3, 0.4) is 0 Å². The van der Waals surface area contributed by atoms with Crippen molar-refractivity contribution in [3.8, 4) is 0 Å². The van der Waals surface area contributed by atoms with E-state index in [2.05, 4.69) is 67.6 Å². The maximum atomic E-state index is 4.45. The second kappa shape index (κ2) is 8.54. The maximum Gasteiger partial charge on any atom is 0.191 e. The van der Waals surface area contributed by atoms with Gasteiger partial charge in [0.05, 0.1) is 0 Å². The van der Waals surface area contributed by atoms with Gasteiger partial charge in [-0.1, -0.05) is 35.0 Å². The third-order valence-corrected chi connectivity index (χ3v) is 6.07. The molecule has 1 aliphatic carbocycles. The summed E-state index contributed by atoms with van der Waals surface area (Å²) in [6, 6.07) is 9.28. The molecule has 2 aliphatic rings. The van der Waals surface area contributed by atoms with Crippen LogP contribution >= 0.6 is 15.9 Å². The summed E-state index contributed by atoms with van der Waals surface area (Å²) in [5, 5.41) is 7.22. The largest absolute Gasteiger partial charge is 0.356 e. The summed E-state index contributed by atoms with van der Waals surface area (Å²) in [4.78, 5) is 7.02. The fraction of sp³-hybridized carbons (Fsp3) is 0.650. The molecular weight excluding hydrogens is 376 g/mol. The first-order chi connectivity index (χ1) is 12.1. The number of aliphatic imine (C=N–C) groups is 1. The van der Waals surface area contributed by atoms with Crippen LogP contribution in [0.25, 0.3) is 0 Å².